The number of Topliss-reactive ketones (excluding diaryl/α,β-unsaturated/α-hetero) is 1. The van der Waals surface area contributed by atoms with Gasteiger partial charge in [-0.3, -0.25) is 19.3 Å². The molecule has 11 heteroatoms. The number of halogens is 3. The number of hydrogen-bond acceptors (Lipinski definition) is 6. The lowest BCUT2D eigenvalue weighted by Crippen LogP contribution is -2.40. The van der Waals surface area contributed by atoms with Crippen LogP contribution in [-0.4, -0.2) is 48.2 Å². The van der Waals surface area contributed by atoms with Gasteiger partial charge in [0.15, 0.2) is 5.78 Å². The fourth-order valence-electron chi connectivity index (χ4n) is 7.46. The summed E-state index contributed by atoms with van der Waals surface area (Å²) in [5.74, 6) is -2.32. The van der Waals surface area contributed by atoms with Gasteiger partial charge in [0.1, 0.15) is 35.5 Å². The maximum Gasteiger partial charge on any atom is 0.265 e. The van der Waals surface area contributed by atoms with Gasteiger partial charge in [-0.2, -0.15) is 0 Å². The minimum atomic E-state index is -0.891. The second-order valence-electron chi connectivity index (χ2n) is 13.7. The SMILES string of the molecule is O=C(CCc1ccc(C(=O)N2CCc3cc(C(=O)Nc4c(F)cccc4F)sc3-c3ccc(F)cc32)cc1)C1=CC=CCC1N1CCOc2ccccc2C1. The third kappa shape index (κ3) is 7.50. The molecule has 0 bridgehead atoms. The highest BCUT2D eigenvalue weighted by Gasteiger charge is 2.31. The van der Waals surface area contributed by atoms with Crippen molar-refractivity contribution in [1.82, 2.24) is 4.90 Å². The number of hydrogen-bond donors (Lipinski definition) is 1. The van der Waals surface area contributed by atoms with E-state index in [0.29, 0.717) is 60.7 Å². The first kappa shape index (κ1) is 36.2. The molecule has 4 aromatic carbocycles. The Balaban J connectivity index is 0.948. The number of thiophene rings is 1. The molecule has 0 spiro atoms. The third-order valence-electron chi connectivity index (χ3n) is 10.3. The number of nitrogens with one attached hydrogen (secondary N) is 1. The number of aryl methyl sites for hydroxylation is 1. The largest absolute Gasteiger partial charge is 0.492 e. The number of para-hydroxylation sites is 2. The lowest BCUT2D eigenvalue weighted by molar-refractivity contribution is -0.116. The first-order valence-corrected chi connectivity index (χ1v) is 19.0. The molecule has 8 rings (SSSR count). The van der Waals surface area contributed by atoms with Crippen LogP contribution in [0.4, 0.5) is 24.5 Å². The monoisotopic (exact) mass is 759 g/mol. The molecule has 1 atom stereocenters. The van der Waals surface area contributed by atoms with Gasteiger partial charge in [0.2, 0.25) is 0 Å². The maximum absolute atomic E-state index is 14.7. The highest BCUT2D eigenvalue weighted by Crippen LogP contribution is 2.42. The van der Waals surface area contributed by atoms with E-state index in [0.717, 1.165) is 57.9 Å². The normalized spacial score (nSPS) is 16.5. The predicted octanol–water partition coefficient (Wildman–Crippen LogP) is 8.94. The van der Waals surface area contributed by atoms with Crippen LogP contribution in [0.1, 0.15) is 49.6 Å². The lowest BCUT2D eigenvalue weighted by Gasteiger charge is -2.32. The van der Waals surface area contributed by atoms with Crippen molar-refractivity contribution in [3.8, 4) is 16.2 Å². The second-order valence-corrected chi connectivity index (χ2v) is 14.8. The molecule has 2 aliphatic heterocycles. The molecular weight excluding hydrogens is 724 g/mol. The Morgan fingerprint density at radius 3 is 2.49 bits per heavy atom. The van der Waals surface area contributed by atoms with Gasteiger partial charge >= 0.3 is 0 Å². The summed E-state index contributed by atoms with van der Waals surface area (Å²) in [6.45, 7) is 2.18. The molecule has 0 saturated heterocycles. The van der Waals surface area contributed by atoms with E-state index in [1.807, 2.05) is 42.5 Å². The molecule has 278 valence electrons. The van der Waals surface area contributed by atoms with Gasteiger partial charge < -0.3 is 15.0 Å². The molecule has 2 amide bonds. The number of ether oxygens (including phenoxy) is 1. The third-order valence-corrected chi connectivity index (χ3v) is 11.5. The lowest BCUT2D eigenvalue weighted by atomic mass is 9.90. The second kappa shape index (κ2) is 15.5. The topological polar surface area (TPSA) is 79.0 Å². The van der Waals surface area contributed by atoms with Crippen molar-refractivity contribution in [2.24, 2.45) is 0 Å². The number of nitrogens with zero attached hydrogens (tertiary/aromatic N) is 2. The van der Waals surface area contributed by atoms with E-state index in [4.69, 9.17) is 4.74 Å². The zero-order valence-electron chi connectivity index (χ0n) is 29.7. The highest BCUT2D eigenvalue weighted by atomic mass is 32.1. The average Bonchev–Trinajstić information content (AvgIpc) is 3.42. The van der Waals surface area contributed by atoms with Gasteiger partial charge in [-0.15, -0.1) is 11.3 Å². The zero-order chi connectivity index (χ0) is 38.1. The summed E-state index contributed by atoms with van der Waals surface area (Å²) in [6.07, 6.45) is 7.91. The molecule has 0 saturated carbocycles. The molecule has 5 aromatic rings. The predicted molar refractivity (Wildman–Crippen MR) is 207 cm³/mol. The van der Waals surface area contributed by atoms with Crippen molar-refractivity contribution < 1.29 is 32.3 Å². The van der Waals surface area contributed by atoms with Crippen LogP contribution in [0.15, 0.2) is 115 Å². The molecule has 1 aromatic heterocycles. The Bertz CT molecular complexity index is 2350. The summed E-state index contributed by atoms with van der Waals surface area (Å²) in [4.78, 5) is 45.5. The van der Waals surface area contributed by atoms with E-state index in [1.165, 1.54) is 23.1 Å². The Morgan fingerprint density at radius 1 is 0.873 bits per heavy atom. The quantitative estimate of drug-likeness (QED) is 0.171. The Morgan fingerprint density at radius 2 is 1.67 bits per heavy atom. The van der Waals surface area contributed by atoms with Crippen LogP contribution in [0.5, 0.6) is 5.75 Å². The van der Waals surface area contributed by atoms with Crippen molar-refractivity contribution in [1.29, 1.82) is 0 Å². The van der Waals surface area contributed by atoms with Gasteiger partial charge in [0.05, 0.1) is 10.6 Å². The van der Waals surface area contributed by atoms with Crippen LogP contribution in [0.3, 0.4) is 0 Å². The van der Waals surface area contributed by atoms with E-state index in [9.17, 15) is 27.6 Å². The smallest absolute Gasteiger partial charge is 0.265 e. The minimum absolute atomic E-state index is 0.0366. The van der Waals surface area contributed by atoms with Crippen LogP contribution in [0, 0.1) is 17.5 Å². The highest BCUT2D eigenvalue weighted by molar-refractivity contribution is 7.17. The zero-order valence-corrected chi connectivity index (χ0v) is 30.5. The van der Waals surface area contributed by atoms with Crippen molar-refractivity contribution in [3.05, 3.63) is 159 Å². The molecule has 3 heterocycles. The van der Waals surface area contributed by atoms with E-state index in [1.54, 1.807) is 24.3 Å². The Labute approximate surface area is 320 Å². The minimum Gasteiger partial charge on any atom is -0.492 e. The molecule has 7 nitrogen and oxygen atoms in total. The molecule has 0 fully saturated rings. The molecule has 1 N–H and O–H groups in total. The Kier molecular flexibility index (Phi) is 10.2. The van der Waals surface area contributed by atoms with Crippen LogP contribution >= 0.6 is 11.3 Å². The molecule has 1 aliphatic carbocycles. The summed E-state index contributed by atoms with van der Waals surface area (Å²) >= 11 is 1.11. The van der Waals surface area contributed by atoms with Gasteiger partial charge in [-0.25, -0.2) is 13.2 Å². The molecule has 3 aliphatic rings. The van der Waals surface area contributed by atoms with Crippen molar-refractivity contribution in [2.75, 3.05) is 29.9 Å². The maximum atomic E-state index is 14.7. The number of allylic oxidation sites excluding steroid dienone is 2. The van der Waals surface area contributed by atoms with Crippen LogP contribution in [-0.2, 0) is 24.2 Å². The molecule has 55 heavy (non-hydrogen) atoms. The summed E-state index contributed by atoms with van der Waals surface area (Å²) in [6, 6.07) is 24.3. The van der Waals surface area contributed by atoms with Crippen LogP contribution in [0.2, 0.25) is 0 Å². The fourth-order valence-corrected chi connectivity index (χ4v) is 8.60. The number of fused-ring (bicyclic) bond motifs is 4. The summed E-state index contributed by atoms with van der Waals surface area (Å²) in [5, 5.41) is 2.32. The average molecular weight is 760 g/mol. The first-order valence-electron chi connectivity index (χ1n) is 18.2. The van der Waals surface area contributed by atoms with E-state index in [-0.39, 0.29) is 29.2 Å². The number of rotatable bonds is 8. The number of benzene rings is 4. The number of carbonyl (C=O) groups excluding carboxylic acids is 3. The summed E-state index contributed by atoms with van der Waals surface area (Å²) < 4.78 is 49.2. The van der Waals surface area contributed by atoms with Gasteiger partial charge in [0.25, 0.3) is 11.8 Å². The molecule has 1 unspecified atom stereocenters. The number of anilines is 2. The fraction of sp³-hybridized carbons (Fsp3) is 0.205. The van der Waals surface area contributed by atoms with Crippen LogP contribution < -0.4 is 15.0 Å². The van der Waals surface area contributed by atoms with Crippen molar-refractivity contribution in [2.45, 2.75) is 38.3 Å². The van der Waals surface area contributed by atoms with Crippen molar-refractivity contribution >= 4 is 40.3 Å². The van der Waals surface area contributed by atoms with E-state index < -0.39 is 29.0 Å². The molecular formula is C44H36F3N3O4S. The summed E-state index contributed by atoms with van der Waals surface area (Å²) in [5.41, 5.74) is 4.37. The number of carbonyl (C=O) groups is 3. The van der Waals surface area contributed by atoms with Crippen molar-refractivity contribution in [3.63, 3.8) is 0 Å². The number of ketones is 1. The first-order chi connectivity index (χ1) is 26.7. The van der Waals surface area contributed by atoms with E-state index >= 15 is 0 Å². The van der Waals surface area contributed by atoms with Gasteiger partial charge in [-0.05, 0) is 85.0 Å². The van der Waals surface area contributed by atoms with Gasteiger partial charge in [-0.1, -0.05) is 54.6 Å². The number of amides is 2. The Hall–Kier alpha value is -5.78. The van der Waals surface area contributed by atoms with E-state index in [2.05, 4.69) is 22.4 Å². The standard InChI is InChI=1S/C44H36F3N3O4S/c45-31-17-18-33-37(25-31)50(21-20-29-24-40(55-42(29)33)43(52)48-41-34(46)8-5-9-35(41)47)44(53)28-15-12-27(13-16-28)14-19-38(51)32-7-2-3-10-36(32)49-22-23-54-39-11-4-1-6-30(39)26-49/h1-9,11-13,15-18,24-25,36H,10,14,19-23,26H2,(H,48,52). The van der Waals surface area contributed by atoms with Crippen LogP contribution in [0.25, 0.3) is 10.4 Å². The molecule has 0 radical (unpaired) electrons. The van der Waals surface area contributed by atoms with Gasteiger partial charge in [0, 0.05) is 59.2 Å². The summed E-state index contributed by atoms with van der Waals surface area (Å²) in [7, 11) is 0.